The minimum absolute atomic E-state index is 0.0875. The first-order valence-corrected chi connectivity index (χ1v) is 34.1. The first-order chi connectivity index (χ1) is 31.3. The Morgan fingerprint density at radius 3 is 2.03 bits per heavy atom. The van der Waals surface area contributed by atoms with Gasteiger partial charge in [-0.2, -0.15) is 0 Å². The zero-order valence-corrected chi connectivity index (χ0v) is 47.9. The molecule has 14 heteroatoms. The van der Waals surface area contributed by atoms with Gasteiger partial charge in [0, 0.05) is 57.6 Å². The molecule has 0 aromatic heterocycles. The summed E-state index contributed by atoms with van der Waals surface area (Å²) in [7, 11) is -4.24. The second-order valence-corrected chi connectivity index (χ2v) is 34.5. The molecule has 1 amide bonds. The maximum Gasteiger partial charge on any atom is 0.410 e. The number of esters is 1. The normalized spacial score (nSPS) is 28.8. The second kappa shape index (κ2) is 27.1. The van der Waals surface area contributed by atoms with Crippen molar-refractivity contribution in [3.63, 3.8) is 0 Å². The average molecular weight is 980 g/mol. The van der Waals surface area contributed by atoms with Gasteiger partial charge in [0.1, 0.15) is 11.7 Å². The number of epoxide rings is 1. The number of carbonyl (C=O) groups is 2. The van der Waals surface area contributed by atoms with Crippen molar-refractivity contribution in [2.45, 2.75) is 238 Å². The number of rotatable bonds is 25. The molecule has 0 aromatic rings. The molecule has 2 saturated heterocycles. The molecule has 3 aliphatic heterocycles. The summed E-state index contributed by atoms with van der Waals surface area (Å²) >= 11 is 0. The number of allylic oxidation sites excluding steroid dienone is 2. The molecule has 66 heavy (non-hydrogen) atoms. The van der Waals surface area contributed by atoms with Crippen LogP contribution in [0.2, 0.25) is 54.4 Å². The molecular formula is C52H98N2O9Si3. The molecule has 3 rings (SSSR count). The van der Waals surface area contributed by atoms with E-state index in [2.05, 4.69) is 114 Å². The van der Waals surface area contributed by atoms with Gasteiger partial charge >= 0.3 is 12.1 Å². The summed E-state index contributed by atoms with van der Waals surface area (Å²) in [6.07, 6.45) is 11.8. The standard InChI is InChI=1S/C52H98N2O9Si3/c1-17-44(62-65(21-5,22-6)23-7)42(13)49-45(58-49)39-51(14,63-66(24-8,25-9)26-10)32-27-28-40(11)48-41(12)29-30-46(59-50(56)54-36-34-53-35-37-54)52(15,57-16)33-31-43(38-47(55)60-48)61-64(18-2,19-3)20-4/h27-30,32,41-46,48-49,53H,17-26,31,33-39H2,1-16H3/b30-29+,32-27+,40-28+/t41-,42?,43+,44?,45-,46-,48+,49-,51?,52+/m0/s1. The largest absolute Gasteiger partial charge is 0.457 e. The monoisotopic (exact) mass is 979 g/mol. The van der Waals surface area contributed by atoms with Crippen LogP contribution in [-0.2, 0) is 37.0 Å². The Morgan fingerprint density at radius 1 is 0.924 bits per heavy atom. The first kappa shape index (κ1) is 58.7. The highest BCUT2D eigenvalue weighted by Gasteiger charge is 2.51. The average Bonchev–Trinajstić information content (AvgIpc) is 4.10. The van der Waals surface area contributed by atoms with Gasteiger partial charge in [0.25, 0.3) is 0 Å². The van der Waals surface area contributed by atoms with Crippen molar-refractivity contribution in [3.05, 3.63) is 36.0 Å². The van der Waals surface area contributed by atoms with Crippen molar-refractivity contribution in [1.29, 1.82) is 0 Å². The summed E-state index contributed by atoms with van der Waals surface area (Å²) in [4.78, 5) is 29.6. The Hall–Kier alpha value is -1.63. The Bertz CT molecular complexity index is 1540. The van der Waals surface area contributed by atoms with E-state index < -0.39 is 48.4 Å². The van der Waals surface area contributed by atoms with E-state index in [-0.39, 0.29) is 48.8 Å². The summed E-state index contributed by atoms with van der Waals surface area (Å²) in [5.74, 6) is -0.225. The molecule has 0 aliphatic carbocycles. The van der Waals surface area contributed by atoms with Gasteiger partial charge < -0.3 is 42.4 Å². The van der Waals surface area contributed by atoms with Crippen LogP contribution in [0.1, 0.15) is 136 Å². The van der Waals surface area contributed by atoms with Crippen LogP contribution in [0.15, 0.2) is 36.0 Å². The van der Waals surface area contributed by atoms with Crippen LogP contribution < -0.4 is 5.32 Å². The van der Waals surface area contributed by atoms with E-state index in [0.29, 0.717) is 31.8 Å². The molecule has 3 aliphatic rings. The fourth-order valence-corrected chi connectivity index (χ4v) is 19.5. The zero-order chi connectivity index (χ0) is 49.3. The Kier molecular flexibility index (Phi) is 24.1. The Labute approximate surface area is 406 Å². The second-order valence-electron chi connectivity index (χ2n) is 20.4. The number of carbonyl (C=O) groups excluding carboxylic acids is 2. The van der Waals surface area contributed by atoms with Crippen LogP contribution in [0, 0.1) is 11.8 Å². The predicted molar refractivity (Wildman–Crippen MR) is 279 cm³/mol. The van der Waals surface area contributed by atoms with Crippen LogP contribution >= 0.6 is 0 Å². The fraction of sp³-hybridized carbons (Fsp3) is 0.846. The summed E-state index contributed by atoms with van der Waals surface area (Å²) in [6.45, 7) is 35.9. The highest BCUT2D eigenvalue weighted by molar-refractivity contribution is 6.74. The fourth-order valence-electron chi connectivity index (χ4n) is 10.5. The minimum Gasteiger partial charge on any atom is -0.457 e. The van der Waals surface area contributed by atoms with Crippen LogP contribution in [0.25, 0.3) is 0 Å². The third-order valence-corrected chi connectivity index (χ3v) is 30.5. The Morgan fingerprint density at radius 2 is 1.50 bits per heavy atom. The van der Waals surface area contributed by atoms with E-state index in [1.807, 2.05) is 26.0 Å². The van der Waals surface area contributed by atoms with Gasteiger partial charge in [0.2, 0.25) is 0 Å². The number of methoxy groups -OCH3 is 1. The van der Waals surface area contributed by atoms with Crippen molar-refractivity contribution >= 4 is 37.0 Å². The topological polar surface area (TPSA) is 117 Å². The lowest BCUT2D eigenvalue weighted by molar-refractivity contribution is -0.151. The predicted octanol–water partition coefficient (Wildman–Crippen LogP) is 12.4. The molecule has 3 unspecified atom stereocenters. The number of cyclic esters (lactones) is 1. The summed E-state index contributed by atoms with van der Waals surface area (Å²) < 4.78 is 47.1. The van der Waals surface area contributed by atoms with E-state index in [9.17, 15) is 9.59 Å². The first-order valence-electron chi connectivity index (χ1n) is 26.5. The van der Waals surface area contributed by atoms with Gasteiger partial charge in [-0.3, -0.25) is 4.79 Å². The smallest absolute Gasteiger partial charge is 0.410 e. The summed E-state index contributed by atoms with van der Waals surface area (Å²) in [6, 6.07) is 9.47. The third-order valence-electron chi connectivity index (χ3n) is 16.4. The maximum atomic E-state index is 14.1. The number of amides is 1. The van der Waals surface area contributed by atoms with Gasteiger partial charge in [-0.15, -0.1) is 0 Å². The van der Waals surface area contributed by atoms with Crippen LogP contribution in [0.5, 0.6) is 0 Å². The molecule has 0 spiro atoms. The molecule has 2 fully saturated rings. The third kappa shape index (κ3) is 15.9. The van der Waals surface area contributed by atoms with Crippen molar-refractivity contribution in [3.8, 4) is 0 Å². The van der Waals surface area contributed by atoms with E-state index in [4.69, 9.17) is 32.2 Å². The molecule has 10 atom stereocenters. The number of piperazine rings is 1. The van der Waals surface area contributed by atoms with Gasteiger partial charge in [0.05, 0.1) is 30.3 Å². The van der Waals surface area contributed by atoms with Crippen molar-refractivity contribution in [2.75, 3.05) is 33.3 Å². The highest BCUT2D eigenvalue weighted by atomic mass is 28.4. The van der Waals surface area contributed by atoms with Gasteiger partial charge in [-0.05, 0) is 106 Å². The van der Waals surface area contributed by atoms with Crippen molar-refractivity contribution < 1.29 is 41.8 Å². The SMILES string of the molecule is CCC(O[Si](CC)(CC)CC)C(C)[C@@H]1O[C@H]1CC(C)(/C=C/C=C(\C)[C@H]1OC(=O)C[C@H](O[Si](CC)(CC)CC)CC[C@@](C)(OC)[C@@H](OC(=O)N2CCNCC2)/C=C/[C@@H]1C)O[Si](CC)(CC)CC. The van der Waals surface area contributed by atoms with Crippen molar-refractivity contribution in [1.82, 2.24) is 10.2 Å². The molecule has 0 aromatic carbocycles. The van der Waals surface area contributed by atoms with E-state index in [1.54, 1.807) is 12.0 Å². The van der Waals surface area contributed by atoms with E-state index in [1.165, 1.54) is 0 Å². The molecule has 11 nitrogen and oxygen atoms in total. The highest BCUT2D eigenvalue weighted by Crippen LogP contribution is 2.43. The number of hydrogen-bond acceptors (Lipinski definition) is 10. The molecule has 3 heterocycles. The van der Waals surface area contributed by atoms with Crippen LogP contribution in [-0.4, -0.2) is 123 Å². The minimum atomic E-state index is -2.11. The van der Waals surface area contributed by atoms with E-state index in [0.717, 1.165) is 85.9 Å². The number of nitrogens with zero attached hydrogens (tertiary/aromatic N) is 1. The van der Waals surface area contributed by atoms with Gasteiger partial charge in [0.15, 0.2) is 31.1 Å². The quantitative estimate of drug-likeness (QED) is 0.0311. The number of hydrogen-bond donors (Lipinski definition) is 1. The molecular weight excluding hydrogens is 881 g/mol. The van der Waals surface area contributed by atoms with E-state index >= 15 is 0 Å². The Balaban J connectivity index is 2.02. The summed E-state index contributed by atoms with van der Waals surface area (Å²) in [5.41, 5.74) is -0.504. The number of ether oxygens (including phenoxy) is 4. The molecule has 1 N–H and O–H groups in total. The lowest BCUT2D eigenvalue weighted by atomic mass is 9.88. The maximum absolute atomic E-state index is 14.1. The molecule has 382 valence electrons. The summed E-state index contributed by atoms with van der Waals surface area (Å²) in [5, 5.41) is 3.32. The van der Waals surface area contributed by atoms with Crippen LogP contribution in [0.3, 0.4) is 0 Å². The zero-order valence-electron chi connectivity index (χ0n) is 44.9. The van der Waals surface area contributed by atoms with Gasteiger partial charge in [-0.25, -0.2) is 4.79 Å². The number of nitrogens with one attached hydrogen (secondary N) is 1. The molecule has 0 radical (unpaired) electrons. The van der Waals surface area contributed by atoms with Gasteiger partial charge in [-0.1, -0.05) is 107 Å². The van der Waals surface area contributed by atoms with Crippen LogP contribution in [0.4, 0.5) is 4.79 Å². The molecule has 0 saturated carbocycles. The molecule has 0 bridgehead atoms. The van der Waals surface area contributed by atoms with Crippen molar-refractivity contribution in [2.24, 2.45) is 11.8 Å². The lowest BCUT2D eigenvalue weighted by Gasteiger charge is -2.39. The lowest BCUT2D eigenvalue weighted by Crippen LogP contribution is -2.50.